The largest absolute Gasteiger partial charge is 0.465 e. The van der Waals surface area contributed by atoms with Crippen molar-refractivity contribution in [2.45, 2.75) is 52.9 Å². The second-order valence-electron chi connectivity index (χ2n) is 7.06. The number of amides is 1. The molecule has 22 heavy (non-hydrogen) atoms. The van der Waals surface area contributed by atoms with Crippen molar-refractivity contribution in [1.29, 1.82) is 0 Å². The molecule has 0 aliphatic rings. The molecule has 0 fully saturated rings. The number of furan rings is 1. The van der Waals surface area contributed by atoms with Crippen LogP contribution in [-0.2, 0) is 5.41 Å². The molecule has 0 bridgehead atoms. The Labute approximate surface area is 132 Å². The molecule has 0 radical (unpaired) electrons. The summed E-state index contributed by atoms with van der Waals surface area (Å²) in [6, 6.07) is 9.81. The van der Waals surface area contributed by atoms with Crippen molar-refractivity contribution in [3.63, 3.8) is 0 Å². The van der Waals surface area contributed by atoms with Gasteiger partial charge in [0.25, 0.3) is 5.91 Å². The molecule has 0 spiro atoms. The van der Waals surface area contributed by atoms with Gasteiger partial charge in [-0.15, -0.1) is 0 Å². The maximum Gasteiger partial charge on any atom is 0.259 e. The number of carbonyl (C=O) groups is 1. The van der Waals surface area contributed by atoms with Gasteiger partial charge in [-0.25, -0.2) is 0 Å². The van der Waals surface area contributed by atoms with Crippen LogP contribution < -0.4 is 5.32 Å². The van der Waals surface area contributed by atoms with Crippen molar-refractivity contribution >= 4 is 11.6 Å². The molecule has 0 aliphatic carbocycles. The first-order valence-electron chi connectivity index (χ1n) is 7.70. The molecule has 1 N–H and O–H groups in total. The van der Waals surface area contributed by atoms with E-state index in [1.165, 1.54) is 5.56 Å². The highest BCUT2D eigenvalue weighted by atomic mass is 16.3. The van der Waals surface area contributed by atoms with Crippen LogP contribution in [0.5, 0.6) is 0 Å². The SMILES string of the molecule is Cc1oc(C(C)(C)C)cc1C(=O)Nc1ccc(C(C)C)cc1. The van der Waals surface area contributed by atoms with Gasteiger partial charge >= 0.3 is 0 Å². The van der Waals surface area contributed by atoms with Gasteiger partial charge in [-0.1, -0.05) is 46.8 Å². The van der Waals surface area contributed by atoms with Crippen molar-refractivity contribution in [3.05, 3.63) is 53.0 Å². The monoisotopic (exact) mass is 299 g/mol. The molecular weight excluding hydrogens is 274 g/mol. The Morgan fingerprint density at radius 2 is 1.73 bits per heavy atom. The quantitative estimate of drug-likeness (QED) is 0.839. The molecule has 0 saturated carbocycles. The number of hydrogen-bond acceptors (Lipinski definition) is 2. The average Bonchev–Trinajstić information content (AvgIpc) is 2.81. The minimum Gasteiger partial charge on any atom is -0.465 e. The van der Waals surface area contributed by atoms with Crippen molar-refractivity contribution in [2.24, 2.45) is 0 Å². The summed E-state index contributed by atoms with van der Waals surface area (Å²) < 4.78 is 5.73. The summed E-state index contributed by atoms with van der Waals surface area (Å²) >= 11 is 0. The van der Waals surface area contributed by atoms with Crippen LogP contribution in [0.2, 0.25) is 0 Å². The number of nitrogens with one attached hydrogen (secondary N) is 1. The Balaban J connectivity index is 2.17. The van der Waals surface area contributed by atoms with Crippen molar-refractivity contribution < 1.29 is 9.21 Å². The number of aryl methyl sites for hydroxylation is 1. The number of rotatable bonds is 3. The zero-order valence-electron chi connectivity index (χ0n) is 14.3. The van der Waals surface area contributed by atoms with E-state index in [1.54, 1.807) is 0 Å². The molecule has 1 aromatic heterocycles. The fourth-order valence-corrected chi connectivity index (χ4v) is 2.23. The second-order valence-corrected chi connectivity index (χ2v) is 7.06. The first kappa shape index (κ1) is 16.3. The Bertz CT molecular complexity index is 658. The summed E-state index contributed by atoms with van der Waals surface area (Å²) in [6.07, 6.45) is 0. The minimum absolute atomic E-state index is 0.109. The van der Waals surface area contributed by atoms with E-state index in [4.69, 9.17) is 4.42 Å². The van der Waals surface area contributed by atoms with Crippen LogP contribution >= 0.6 is 0 Å². The highest BCUT2D eigenvalue weighted by molar-refractivity contribution is 6.05. The Morgan fingerprint density at radius 1 is 1.14 bits per heavy atom. The normalized spacial score (nSPS) is 11.8. The molecule has 0 aliphatic heterocycles. The number of anilines is 1. The van der Waals surface area contributed by atoms with Crippen LogP contribution in [0.1, 0.15) is 68.0 Å². The molecule has 2 aromatic rings. The van der Waals surface area contributed by atoms with E-state index in [2.05, 4.69) is 39.9 Å². The molecule has 1 heterocycles. The van der Waals surface area contributed by atoms with E-state index in [0.29, 0.717) is 17.2 Å². The Hall–Kier alpha value is -2.03. The van der Waals surface area contributed by atoms with Gasteiger partial charge in [0, 0.05) is 11.1 Å². The highest BCUT2D eigenvalue weighted by Crippen LogP contribution is 2.27. The summed E-state index contributed by atoms with van der Waals surface area (Å²) in [5, 5.41) is 2.93. The van der Waals surface area contributed by atoms with E-state index < -0.39 is 0 Å². The van der Waals surface area contributed by atoms with Crippen LogP contribution in [-0.4, -0.2) is 5.91 Å². The zero-order chi connectivity index (χ0) is 16.5. The summed E-state index contributed by atoms with van der Waals surface area (Å²) in [5.74, 6) is 1.83. The lowest BCUT2D eigenvalue weighted by molar-refractivity contribution is 0.102. The summed E-state index contributed by atoms with van der Waals surface area (Å²) in [4.78, 5) is 12.4. The molecular formula is C19H25NO2. The first-order chi connectivity index (χ1) is 10.2. The summed E-state index contributed by atoms with van der Waals surface area (Å²) in [6.45, 7) is 12.3. The van der Waals surface area contributed by atoms with Gasteiger partial charge in [0.1, 0.15) is 11.5 Å². The van der Waals surface area contributed by atoms with Gasteiger partial charge in [0.05, 0.1) is 5.56 Å². The van der Waals surface area contributed by atoms with E-state index in [9.17, 15) is 4.79 Å². The predicted octanol–water partition coefficient (Wildman–Crippen LogP) is 5.26. The van der Waals surface area contributed by atoms with Crippen molar-refractivity contribution in [2.75, 3.05) is 5.32 Å². The standard InChI is InChI=1S/C19H25NO2/c1-12(2)14-7-9-15(10-8-14)20-18(21)16-11-17(19(4,5)6)22-13(16)3/h7-12H,1-6H3,(H,20,21). The Kier molecular flexibility index (Phi) is 4.45. The fraction of sp³-hybridized carbons (Fsp3) is 0.421. The van der Waals surface area contributed by atoms with E-state index in [1.807, 2.05) is 37.3 Å². The van der Waals surface area contributed by atoms with Gasteiger partial charge in [0.15, 0.2) is 0 Å². The van der Waals surface area contributed by atoms with Gasteiger partial charge in [0.2, 0.25) is 0 Å². The van der Waals surface area contributed by atoms with Crippen LogP contribution in [0.4, 0.5) is 5.69 Å². The third kappa shape index (κ3) is 3.59. The van der Waals surface area contributed by atoms with Crippen LogP contribution in [0, 0.1) is 6.92 Å². The third-order valence-electron chi connectivity index (χ3n) is 3.74. The summed E-state index contributed by atoms with van der Waals surface area (Å²) in [7, 11) is 0. The number of benzene rings is 1. The fourth-order valence-electron chi connectivity index (χ4n) is 2.23. The maximum absolute atomic E-state index is 12.4. The lowest BCUT2D eigenvalue weighted by atomic mass is 9.93. The molecule has 1 aromatic carbocycles. The van der Waals surface area contributed by atoms with Gasteiger partial charge in [-0.3, -0.25) is 4.79 Å². The van der Waals surface area contributed by atoms with Crippen LogP contribution in [0.25, 0.3) is 0 Å². The van der Waals surface area contributed by atoms with Crippen LogP contribution in [0.15, 0.2) is 34.7 Å². The van der Waals surface area contributed by atoms with Gasteiger partial charge in [-0.2, -0.15) is 0 Å². The van der Waals surface area contributed by atoms with Gasteiger partial charge in [-0.05, 0) is 36.6 Å². The lowest BCUT2D eigenvalue weighted by Gasteiger charge is -2.13. The zero-order valence-corrected chi connectivity index (χ0v) is 14.3. The van der Waals surface area contributed by atoms with E-state index in [0.717, 1.165) is 11.4 Å². The second kappa shape index (κ2) is 5.99. The van der Waals surface area contributed by atoms with Crippen molar-refractivity contribution in [3.8, 4) is 0 Å². The van der Waals surface area contributed by atoms with Crippen LogP contribution in [0.3, 0.4) is 0 Å². The summed E-state index contributed by atoms with van der Waals surface area (Å²) in [5.41, 5.74) is 2.54. The molecule has 0 saturated heterocycles. The average molecular weight is 299 g/mol. The topological polar surface area (TPSA) is 42.2 Å². The van der Waals surface area contributed by atoms with Crippen molar-refractivity contribution in [1.82, 2.24) is 0 Å². The smallest absolute Gasteiger partial charge is 0.259 e. The molecule has 1 amide bonds. The molecule has 0 atom stereocenters. The first-order valence-corrected chi connectivity index (χ1v) is 7.70. The predicted molar refractivity (Wildman–Crippen MR) is 90.6 cm³/mol. The van der Waals surface area contributed by atoms with E-state index in [-0.39, 0.29) is 11.3 Å². The number of carbonyl (C=O) groups excluding carboxylic acids is 1. The molecule has 2 rings (SSSR count). The lowest BCUT2D eigenvalue weighted by Crippen LogP contribution is -2.13. The minimum atomic E-state index is -0.131. The highest BCUT2D eigenvalue weighted by Gasteiger charge is 2.23. The Morgan fingerprint density at radius 3 is 2.18 bits per heavy atom. The molecule has 3 nitrogen and oxygen atoms in total. The van der Waals surface area contributed by atoms with E-state index >= 15 is 0 Å². The molecule has 118 valence electrons. The molecule has 0 unspecified atom stereocenters. The third-order valence-corrected chi connectivity index (χ3v) is 3.74. The maximum atomic E-state index is 12.4. The molecule has 3 heteroatoms. The number of hydrogen-bond donors (Lipinski definition) is 1. The van der Waals surface area contributed by atoms with Gasteiger partial charge < -0.3 is 9.73 Å².